The second-order valence-corrected chi connectivity index (χ2v) is 3.60. The van der Waals surface area contributed by atoms with Crippen LogP contribution in [0.2, 0.25) is 0 Å². The van der Waals surface area contributed by atoms with Gasteiger partial charge in [0.15, 0.2) is 0 Å². The van der Waals surface area contributed by atoms with Crippen molar-refractivity contribution < 1.29 is 10.6 Å². The van der Waals surface area contributed by atoms with E-state index in [4.69, 9.17) is 0 Å². The maximum Gasteiger partial charge on any atom is 0.226 e. The Bertz CT molecular complexity index is 352. The van der Waals surface area contributed by atoms with Crippen LogP contribution in [0.1, 0.15) is 20.8 Å². The van der Waals surface area contributed by atoms with Crippen molar-refractivity contribution in [1.29, 1.82) is 0 Å². The standard InChI is InChI=1S/C11H14FNO.H2/c1-7(2)11(14)13-10-5-4-9(12)6-8(10)3;/h4-7H,1-3H3,(H,13,14);1H. The molecule has 0 aliphatic rings. The van der Waals surface area contributed by atoms with Gasteiger partial charge in [-0.1, -0.05) is 13.8 Å². The van der Waals surface area contributed by atoms with E-state index >= 15 is 0 Å². The number of benzene rings is 1. The highest BCUT2D eigenvalue weighted by Gasteiger charge is 2.08. The summed E-state index contributed by atoms with van der Waals surface area (Å²) in [7, 11) is 0. The van der Waals surface area contributed by atoms with Gasteiger partial charge in [0.1, 0.15) is 5.82 Å². The number of anilines is 1. The monoisotopic (exact) mass is 197 g/mol. The van der Waals surface area contributed by atoms with Gasteiger partial charge in [-0.2, -0.15) is 0 Å². The lowest BCUT2D eigenvalue weighted by molar-refractivity contribution is -0.118. The SMILES string of the molecule is Cc1cc(F)ccc1NC(=O)C(C)C.[HH]. The molecular weight excluding hydrogens is 181 g/mol. The average Bonchev–Trinajstić information content (AvgIpc) is 2.09. The van der Waals surface area contributed by atoms with Crippen molar-refractivity contribution in [1.82, 2.24) is 0 Å². The summed E-state index contributed by atoms with van der Waals surface area (Å²) in [6, 6.07) is 4.31. The summed E-state index contributed by atoms with van der Waals surface area (Å²) in [5.41, 5.74) is 1.41. The van der Waals surface area contributed by atoms with Gasteiger partial charge in [0.05, 0.1) is 0 Å². The fourth-order valence-corrected chi connectivity index (χ4v) is 1.04. The number of rotatable bonds is 2. The number of hydrogen-bond donors (Lipinski definition) is 1. The largest absolute Gasteiger partial charge is 0.326 e. The lowest BCUT2D eigenvalue weighted by Gasteiger charge is -2.09. The predicted octanol–water partition coefficient (Wildman–Crippen LogP) is 2.97. The minimum atomic E-state index is -0.287. The fourth-order valence-electron chi connectivity index (χ4n) is 1.04. The molecule has 14 heavy (non-hydrogen) atoms. The second kappa shape index (κ2) is 4.22. The first-order chi connectivity index (χ1) is 6.50. The van der Waals surface area contributed by atoms with E-state index in [0.717, 1.165) is 5.56 Å². The van der Waals surface area contributed by atoms with Crippen molar-refractivity contribution in [2.45, 2.75) is 20.8 Å². The summed E-state index contributed by atoms with van der Waals surface area (Å²) in [5.74, 6) is -0.413. The van der Waals surface area contributed by atoms with Gasteiger partial charge in [-0.25, -0.2) is 4.39 Å². The lowest BCUT2D eigenvalue weighted by atomic mass is 10.1. The second-order valence-electron chi connectivity index (χ2n) is 3.60. The molecule has 0 aromatic heterocycles. The van der Waals surface area contributed by atoms with Gasteiger partial charge in [0.25, 0.3) is 0 Å². The number of amides is 1. The molecule has 0 radical (unpaired) electrons. The van der Waals surface area contributed by atoms with Crippen LogP contribution < -0.4 is 5.32 Å². The van der Waals surface area contributed by atoms with Gasteiger partial charge in [0, 0.05) is 13.0 Å². The summed E-state index contributed by atoms with van der Waals surface area (Å²) >= 11 is 0. The fraction of sp³-hybridized carbons (Fsp3) is 0.364. The highest BCUT2D eigenvalue weighted by Crippen LogP contribution is 2.16. The van der Waals surface area contributed by atoms with E-state index in [1.807, 2.05) is 13.8 Å². The molecule has 0 atom stereocenters. The molecule has 2 nitrogen and oxygen atoms in total. The van der Waals surface area contributed by atoms with E-state index in [-0.39, 0.29) is 19.1 Å². The molecule has 1 amide bonds. The first-order valence-electron chi connectivity index (χ1n) is 4.57. The van der Waals surface area contributed by atoms with Crippen LogP contribution in [0.3, 0.4) is 0 Å². The number of carbonyl (C=O) groups is 1. The van der Waals surface area contributed by atoms with Crippen LogP contribution in [0, 0.1) is 18.7 Å². The maximum absolute atomic E-state index is 12.7. The van der Waals surface area contributed by atoms with Gasteiger partial charge >= 0.3 is 0 Å². The molecule has 0 aliphatic carbocycles. The summed E-state index contributed by atoms with van der Waals surface area (Å²) in [5, 5.41) is 2.73. The lowest BCUT2D eigenvalue weighted by Crippen LogP contribution is -2.18. The molecule has 3 heteroatoms. The van der Waals surface area contributed by atoms with Gasteiger partial charge in [-0.05, 0) is 30.7 Å². The topological polar surface area (TPSA) is 29.1 Å². The van der Waals surface area contributed by atoms with Crippen LogP contribution in [0.25, 0.3) is 0 Å². The van der Waals surface area contributed by atoms with Gasteiger partial charge in [-0.15, -0.1) is 0 Å². The summed E-state index contributed by atoms with van der Waals surface area (Å²) in [6.45, 7) is 5.39. The summed E-state index contributed by atoms with van der Waals surface area (Å²) < 4.78 is 12.7. The zero-order valence-electron chi connectivity index (χ0n) is 8.60. The van der Waals surface area contributed by atoms with Crippen molar-refractivity contribution in [2.75, 3.05) is 5.32 Å². The first-order valence-corrected chi connectivity index (χ1v) is 4.57. The molecule has 1 aromatic rings. The molecule has 0 fully saturated rings. The van der Waals surface area contributed by atoms with Crippen LogP contribution in [0.4, 0.5) is 10.1 Å². The van der Waals surface area contributed by atoms with Gasteiger partial charge < -0.3 is 5.32 Å². The highest BCUT2D eigenvalue weighted by atomic mass is 19.1. The Balaban J connectivity index is 0.00000196. The third-order valence-corrected chi connectivity index (χ3v) is 1.97. The normalized spacial score (nSPS) is 10.4. The Morgan fingerprint density at radius 3 is 2.64 bits per heavy atom. The Labute approximate surface area is 84.6 Å². The molecule has 0 spiro atoms. The smallest absolute Gasteiger partial charge is 0.226 e. The molecule has 0 saturated carbocycles. The number of aryl methyl sites for hydroxylation is 1. The van der Waals surface area contributed by atoms with E-state index in [0.29, 0.717) is 5.69 Å². The minimum absolute atomic E-state index is 0. The number of nitrogens with one attached hydrogen (secondary N) is 1. The molecule has 0 unspecified atom stereocenters. The van der Waals surface area contributed by atoms with Crippen LogP contribution in [-0.2, 0) is 4.79 Å². The number of halogens is 1. The molecular formula is C11H16FNO. The number of hydrogen-bond acceptors (Lipinski definition) is 1. The maximum atomic E-state index is 12.7. The van der Waals surface area contributed by atoms with E-state index in [1.54, 1.807) is 13.0 Å². The van der Waals surface area contributed by atoms with Crippen molar-refractivity contribution >= 4 is 11.6 Å². The minimum Gasteiger partial charge on any atom is -0.326 e. The summed E-state index contributed by atoms with van der Waals surface area (Å²) in [4.78, 5) is 11.3. The van der Waals surface area contributed by atoms with E-state index < -0.39 is 0 Å². The van der Waals surface area contributed by atoms with Crippen LogP contribution in [-0.4, -0.2) is 5.91 Å². The third kappa shape index (κ3) is 2.55. The highest BCUT2D eigenvalue weighted by molar-refractivity contribution is 5.92. The molecule has 1 rings (SSSR count). The number of carbonyl (C=O) groups excluding carboxylic acids is 1. The Morgan fingerprint density at radius 2 is 2.14 bits per heavy atom. The third-order valence-electron chi connectivity index (χ3n) is 1.97. The van der Waals surface area contributed by atoms with Crippen LogP contribution >= 0.6 is 0 Å². The molecule has 78 valence electrons. The zero-order valence-corrected chi connectivity index (χ0v) is 8.60. The van der Waals surface area contributed by atoms with Crippen molar-refractivity contribution in [3.8, 4) is 0 Å². The van der Waals surface area contributed by atoms with Gasteiger partial charge in [-0.3, -0.25) is 4.79 Å². The Morgan fingerprint density at radius 1 is 1.50 bits per heavy atom. The van der Waals surface area contributed by atoms with Crippen molar-refractivity contribution in [3.05, 3.63) is 29.6 Å². The molecule has 1 aromatic carbocycles. The summed E-state index contributed by atoms with van der Waals surface area (Å²) in [6.07, 6.45) is 0. The predicted molar refractivity (Wildman–Crippen MR) is 56.7 cm³/mol. The zero-order chi connectivity index (χ0) is 10.7. The molecule has 0 heterocycles. The molecule has 0 bridgehead atoms. The quantitative estimate of drug-likeness (QED) is 0.775. The van der Waals surface area contributed by atoms with E-state index in [1.165, 1.54) is 12.1 Å². The first kappa shape index (κ1) is 10.7. The van der Waals surface area contributed by atoms with Gasteiger partial charge in [0.2, 0.25) is 5.91 Å². The Hall–Kier alpha value is -1.38. The van der Waals surface area contributed by atoms with Crippen LogP contribution in [0.5, 0.6) is 0 Å². The molecule has 1 N–H and O–H groups in total. The molecule has 0 saturated heterocycles. The Kier molecular flexibility index (Phi) is 3.23. The average molecular weight is 197 g/mol. The van der Waals surface area contributed by atoms with E-state index in [9.17, 15) is 9.18 Å². The van der Waals surface area contributed by atoms with E-state index in [2.05, 4.69) is 5.32 Å². The van der Waals surface area contributed by atoms with Crippen molar-refractivity contribution in [2.24, 2.45) is 5.92 Å². The molecule has 0 aliphatic heterocycles. The van der Waals surface area contributed by atoms with Crippen molar-refractivity contribution in [3.63, 3.8) is 0 Å². The van der Waals surface area contributed by atoms with Crippen LogP contribution in [0.15, 0.2) is 18.2 Å².